The van der Waals surface area contributed by atoms with Gasteiger partial charge in [-0.1, -0.05) is 0 Å². The van der Waals surface area contributed by atoms with Gasteiger partial charge in [0.25, 0.3) is 0 Å². The first-order chi connectivity index (χ1) is 13.1. The topological polar surface area (TPSA) is 91.2 Å². The van der Waals surface area contributed by atoms with Gasteiger partial charge in [0.05, 0.1) is 29.7 Å². The van der Waals surface area contributed by atoms with Gasteiger partial charge in [-0.2, -0.15) is 10.4 Å². The second kappa shape index (κ2) is 6.85. The molecule has 4 rings (SSSR count). The third-order valence-corrected chi connectivity index (χ3v) is 5.18. The Labute approximate surface area is 157 Å². The van der Waals surface area contributed by atoms with Crippen molar-refractivity contribution in [1.29, 1.82) is 5.26 Å². The summed E-state index contributed by atoms with van der Waals surface area (Å²) < 4.78 is 3.69. The average Bonchev–Trinajstić information content (AvgIpc) is 3.34. The standard InChI is InChI=1S/C19H21N7O/c1-24-12-15(8-23-24)19-14(5-18(27)25(19)2)7-21-9-16-10-22-17-4-3-13(6-20)11-26(16)17/h3-4,8,10-12,14,19,21H,5,7,9H2,1-2H3/t14-,19+/m0/s1. The number of likely N-dealkylation sites (tertiary alicyclic amines) is 1. The van der Waals surface area contributed by atoms with Crippen LogP contribution in [-0.4, -0.2) is 43.6 Å². The molecule has 1 aliphatic heterocycles. The van der Waals surface area contributed by atoms with Gasteiger partial charge in [-0.3, -0.25) is 9.48 Å². The van der Waals surface area contributed by atoms with Crippen molar-refractivity contribution in [3.63, 3.8) is 0 Å². The van der Waals surface area contributed by atoms with Gasteiger partial charge in [0.15, 0.2) is 0 Å². The van der Waals surface area contributed by atoms with Crippen molar-refractivity contribution in [2.24, 2.45) is 13.0 Å². The SMILES string of the molecule is CN1C(=O)C[C@@H](CNCc2cnc3ccc(C#N)cn23)[C@@H]1c1cnn(C)c1. The molecule has 0 radical (unpaired) electrons. The fourth-order valence-corrected chi connectivity index (χ4v) is 3.84. The van der Waals surface area contributed by atoms with Gasteiger partial charge in [0.2, 0.25) is 5.91 Å². The maximum Gasteiger partial charge on any atom is 0.223 e. The van der Waals surface area contributed by atoms with Crippen molar-refractivity contribution in [3.05, 3.63) is 53.7 Å². The Morgan fingerprint density at radius 3 is 2.89 bits per heavy atom. The Morgan fingerprint density at radius 1 is 1.30 bits per heavy atom. The van der Waals surface area contributed by atoms with Crippen LogP contribution in [0.15, 0.2) is 36.9 Å². The number of fused-ring (bicyclic) bond motifs is 1. The highest BCUT2D eigenvalue weighted by molar-refractivity contribution is 5.79. The van der Waals surface area contributed by atoms with Gasteiger partial charge in [-0.05, 0) is 12.1 Å². The number of nitrogens with zero attached hydrogens (tertiary/aromatic N) is 6. The lowest BCUT2D eigenvalue weighted by atomic mass is 9.96. The van der Waals surface area contributed by atoms with Crippen LogP contribution in [0.1, 0.15) is 29.3 Å². The highest BCUT2D eigenvalue weighted by atomic mass is 16.2. The van der Waals surface area contributed by atoms with Crippen molar-refractivity contribution in [2.45, 2.75) is 19.0 Å². The lowest BCUT2D eigenvalue weighted by Gasteiger charge is -2.24. The molecule has 1 amide bonds. The van der Waals surface area contributed by atoms with Crippen LogP contribution in [0.2, 0.25) is 0 Å². The van der Waals surface area contributed by atoms with E-state index in [1.54, 1.807) is 16.9 Å². The summed E-state index contributed by atoms with van der Waals surface area (Å²) in [7, 11) is 3.74. The maximum atomic E-state index is 12.2. The minimum absolute atomic E-state index is 0.0334. The highest BCUT2D eigenvalue weighted by Gasteiger charge is 2.38. The Hall–Kier alpha value is -3.18. The molecular formula is C19H21N7O. The van der Waals surface area contributed by atoms with Crippen molar-refractivity contribution in [1.82, 2.24) is 29.4 Å². The molecule has 0 unspecified atom stereocenters. The van der Waals surface area contributed by atoms with E-state index in [1.807, 2.05) is 48.1 Å². The number of aromatic nitrogens is 4. The van der Waals surface area contributed by atoms with Gasteiger partial charge in [0.1, 0.15) is 11.7 Å². The largest absolute Gasteiger partial charge is 0.338 e. The van der Waals surface area contributed by atoms with E-state index in [0.29, 0.717) is 25.1 Å². The number of hydrogen-bond donors (Lipinski definition) is 1. The van der Waals surface area contributed by atoms with E-state index in [-0.39, 0.29) is 17.9 Å². The van der Waals surface area contributed by atoms with Crippen molar-refractivity contribution < 1.29 is 4.79 Å². The monoisotopic (exact) mass is 363 g/mol. The zero-order valence-electron chi connectivity index (χ0n) is 15.3. The summed E-state index contributed by atoms with van der Waals surface area (Å²) in [6.07, 6.45) is 7.94. The zero-order valence-corrected chi connectivity index (χ0v) is 15.3. The molecule has 138 valence electrons. The van der Waals surface area contributed by atoms with Crippen LogP contribution >= 0.6 is 0 Å². The summed E-state index contributed by atoms with van der Waals surface area (Å²) in [5.41, 5.74) is 3.46. The fraction of sp³-hybridized carbons (Fsp3) is 0.368. The number of imidazole rings is 1. The number of amides is 1. The summed E-state index contributed by atoms with van der Waals surface area (Å²) in [4.78, 5) is 18.4. The molecule has 8 heteroatoms. The molecule has 0 bridgehead atoms. The fourth-order valence-electron chi connectivity index (χ4n) is 3.84. The normalized spacial score (nSPS) is 19.7. The molecule has 2 atom stereocenters. The molecule has 8 nitrogen and oxygen atoms in total. The molecule has 1 aliphatic rings. The van der Waals surface area contributed by atoms with E-state index in [0.717, 1.165) is 16.9 Å². The number of carbonyl (C=O) groups excluding carboxylic acids is 1. The molecule has 3 aromatic rings. The molecule has 0 saturated carbocycles. The van der Waals surface area contributed by atoms with E-state index in [9.17, 15) is 4.79 Å². The third kappa shape index (κ3) is 3.17. The first kappa shape index (κ1) is 17.2. The Kier molecular flexibility index (Phi) is 4.38. The summed E-state index contributed by atoms with van der Waals surface area (Å²) in [5, 5.41) is 16.8. The zero-order chi connectivity index (χ0) is 19.0. The predicted octanol–water partition coefficient (Wildman–Crippen LogP) is 1.25. The first-order valence-corrected chi connectivity index (χ1v) is 8.88. The minimum Gasteiger partial charge on any atom is -0.338 e. The first-order valence-electron chi connectivity index (χ1n) is 8.88. The lowest BCUT2D eigenvalue weighted by Crippen LogP contribution is -2.29. The molecule has 1 saturated heterocycles. The van der Waals surface area contributed by atoms with Crippen LogP contribution in [0, 0.1) is 17.2 Å². The Morgan fingerprint density at radius 2 is 2.15 bits per heavy atom. The maximum absolute atomic E-state index is 12.2. The lowest BCUT2D eigenvalue weighted by molar-refractivity contribution is -0.127. The second-order valence-electron chi connectivity index (χ2n) is 7.00. The van der Waals surface area contributed by atoms with Gasteiger partial charge in [0, 0.05) is 57.5 Å². The van der Waals surface area contributed by atoms with Crippen LogP contribution < -0.4 is 5.32 Å². The van der Waals surface area contributed by atoms with E-state index >= 15 is 0 Å². The molecule has 0 aromatic carbocycles. The number of aryl methyl sites for hydroxylation is 1. The van der Waals surface area contributed by atoms with E-state index in [1.165, 1.54) is 0 Å². The van der Waals surface area contributed by atoms with E-state index in [4.69, 9.17) is 5.26 Å². The third-order valence-electron chi connectivity index (χ3n) is 5.18. The molecule has 1 fully saturated rings. The van der Waals surface area contributed by atoms with Crippen LogP contribution in [-0.2, 0) is 18.4 Å². The molecular weight excluding hydrogens is 342 g/mol. The van der Waals surface area contributed by atoms with Crippen LogP contribution in [0.5, 0.6) is 0 Å². The molecule has 1 N–H and O–H groups in total. The number of carbonyl (C=O) groups is 1. The molecule has 0 spiro atoms. The number of rotatable bonds is 5. The van der Waals surface area contributed by atoms with Crippen molar-refractivity contribution >= 4 is 11.6 Å². The predicted molar refractivity (Wildman–Crippen MR) is 98.4 cm³/mol. The quantitative estimate of drug-likeness (QED) is 0.737. The van der Waals surface area contributed by atoms with Gasteiger partial charge < -0.3 is 14.6 Å². The van der Waals surface area contributed by atoms with Crippen LogP contribution in [0.3, 0.4) is 0 Å². The smallest absolute Gasteiger partial charge is 0.223 e. The second-order valence-corrected chi connectivity index (χ2v) is 7.00. The van der Waals surface area contributed by atoms with Gasteiger partial charge >= 0.3 is 0 Å². The number of hydrogen-bond acceptors (Lipinski definition) is 5. The van der Waals surface area contributed by atoms with Crippen LogP contribution in [0.25, 0.3) is 5.65 Å². The van der Waals surface area contributed by atoms with E-state index in [2.05, 4.69) is 21.5 Å². The number of nitriles is 1. The van der Waals surface area contributed by atoms with Crippen molar-refractivity contribution in [2.75, 3.05) is 13.6 Å². The summed E-state index contributed by atoms with van der Waals surface area (Å²) in [5.74, 6) is 0.338. The van der Waals surface area contributed by atoms with Gasteiger partial charge in [-0.15, -0.1) is 0 Å². The number of nitrogens with one attached hydrogen (secondary N) is 1. The highest BCUT2D eigenvalue weighted by Crippen LogP contribution is 2.36. The average molecular weight is 363 g/mol. The van der Waals surface area contributed by atoms with Crippen molar-refractivity contribution in [3.8, 4) is 6.07 Å². The van der Waals surface area contributed by atoms with Gasteiger partial charge in [-0.25, -0.2) is 4.98 Å². The Bertz CT molecular complexity index is 1030. The summed E-state index contributed by atoms with van der Waals surface area (Å²) in [6.45, 7) is 1.32. The summed E-state index contributed by atoms with van der Waals surface area (Å²) in [6, 6.07) is 5.79. The van der Waals surface area contributed by atoms with E-state index < -0.39 is 0 Å². The minimum atomic E-state index is 0.0334. The molecule has 27 heavy (non-hydrogen) atoms. The Balaban J connectivity index is 1.47. The van der Waals surface area contributed by atoms with Crippen LogP contribution in [0.4, 0.5) is 0 Å². The number of pyridine rings is 1. The molecule has 4 heterocycles. The molecule has 0 aliphatic carbocycles. The summed E-state index contributed by atoms with van der Waals surface area (Å²) >= 11 is 0. The molecule has 3 aromatic heterocycles.